The molecule has 34 heavy (non-hydrogen) atoms. The molecule has 0 radical (unpaired) electrons. The van der Waals surface area contributed by atoms with E-state index < -0.39 is 58.4 Å². The molecule has 0 bridgehead atoms. The zero-order chi connectivity index (χ0) is 24.8. The molecule has 0 saturated heterocycles. The number of aromatic hydroxyl groups is 1. The first-order valence-corrected chi connectivity index (χ1v) is 12.2. The first-order chi connectivity index (χ1) is 15.9. The number of carbonyl (C=O) groups is 1. The van der Waals surface area contributed by atoms with Crippen molar-refractivity contribution in [2.45, 2.75) is 9.79 Å². The normalized spacial score (nSPS) is 12.5. The number of hydrogen-bond acceptors (Lipinski definition) is 8. The number of carboxylic acids is 1. The van der Waals surface area contributed by atoms with Crippen LogP contribution in [0.3, 0.4) is 0 Å². The Labute approximate surface area is 192 Å². The molecule has 4 rings (SSSR count). The third-order valence-corrected chi connectivity index (χ3v) is 6.78. The number of carboxylic acid groups (broad SMARTS) is 1. The summed E-state index contributed by atoms with van der Waals surface area (Å²) in [6, 6.07) is 13.5. The van der Waals surface area contributed by atoms with E-state index >= 15 is 0 Å². The molecule has 174 valence electrons. The Morgan fingerprint density at radius 1 is 0.794 bits per heavy atom. The van der Waals surface area contributed by atoms with Crippen LogP contribution in [0.15, 0.2) is 80.7 Å². The largest absolute Gasteiger partial charge is 0.505 e. The molecule has 4 aromatic carbocycles. The van der Waals surface area contributed by atoms with Gasteiger partial charge in [-0.2, -0.15) is 16.8 Å². The molecule has 0 aliphatic heterocycles. The molecule has 0 saturated carbocycles. The van der Waals surface area contributed by atoms with E-state index in [1.807, 2.05) is 0 Å². The maximum Gasteiger partial charge on any atom is 0.339 e. The maximum atomic E-state index is 12.2. The van der Waals surface area contributed by atoms with Crippen molar-refractivity contribution in [1.29, 1.82) is 0 Å². The maximum absolute atomic E-state index is 12.2. The number of aromatic carboxylic acids is 1. The lowest BCUT2D eigenvalue weighted by molar-refractivity contribution is 0.0694. The van der Waals surface area contributed by atoms with Gasteiger partial charge < -0.3 is 10.2 Å². The van der Waals surface area contributed by atoms with Crippen LogP contribution >= 0.6 is 0 Å². The standard InChI is InChI=1S/C21H14N2O9S2/c24-19-14(21(25)26)10-12-4-1-2-6-13(12)18(19)23-22-15-9-8-11-5-3-7-16(33(27,28)29)17(11)20(15)34(30,31)32/h1-10,24H,(H,25,26)(H,27,28,29)(H,30,31,32). The van der Waals surface area contributed by atoms with E-state index in [2.05, 4.69) is 10.2 Å². The molecule has 0 aromatic heterocycles. The van der Waals surface area contributed by atoms with Gasteiger partial charge in [-0.25, -0.2) is 4.79 Å². The molecule has 0 fully saturated rings. The third-order valence-electron chi connectivity index (χ3n) is 4.96. The molecule has 0 amide bonds. The van der Waals surface area contributed by atoms with Crippen molar-refractivity contribution in [3.8, 4) is 5.75 Å². The topological polar surface area (TPSA) is 191 Å². The number of hydrogen-bond donors (Lipinski definition) is 4. The Balaban J connectivity index is 2.06. The Morgan fingerprint density at radius 3 is 2.12 bits per heavy atom. The summed E-state index contributed by atoms with van der Waals surface area (Å²) in [7, 11) is -10.0. The second kappa shape index (κ2) is 8.14. The molecule has 4 N–H and O–H groups in total. The quantitative estimate of drug-likeness (QED) is 0.227. The number of benzene rings is 4. The molecule has 0 aliphatic carbocycles. The van der Waals surface area contributed by atoms with Gasteiger partial charge in [0.25, 0.3) is 20.2 Å². The van der Waals surface area contributed by atoms with Crippen molar-refractivity contribution in [2.24, 2.45) is 10.2 Å². The summed E-state index contributed by atoms with van der Waals surface area (Å²) in [6.07, 6.45) is 0. The van der Waals surface area contributed by atoms with E-state index in [0.717, 1.165) is 12.1 Å². The summed E-state index contributed by atoms with van der Waals surface area (Å²) in [5.41, 5.74) is -1.29. The number of phenols is 1. The SMILES string of the molecule is O=C(O)c1cc2ccccc2c(N=Nc2ccc3cccc(S(=O)(=O)O)c3c2S(=O)(=O)O)c1O. The fourth-order valence-electron chi connectivity index (χ4n) is 3.54. The second-order valence-corrected chi connectivity index (χ2v) is 9.81. The van der Waals surface area contributed by atoms with E-state index in [-0.39, 0.29) is 11.1 Å². The van der Waals surface area contributed by atoms with Gasteiger partial charge in [0, 0.05) is 10.8 Å². The van der Waals surface area contributed by atoms with Crippen molar-refractivity contribution in [2.75, 3.05) is 0 Å². The number of fused-ring (bicyclic) bond motifs is 2. The highest BCUT2D eigenvalue weighted by atomic mass is 32.2. The zero-order valence-electron chi connectivity index (χ0n) is 16.8. The van der Waals surface area contributed by atoms with Crippen LogP contribution in [0.25, 0.3) is 21.5 Å². The molecule has 0 heterocycles. The van der Waals surface area contributed by atoms with Crippen LogP contribution < -0.4 is 0 Å². The second-order valence-electron chi connectivity index (χ2n) is 7.07. The van der Waals surface area contributed by atoms with E-state index in [0.29, 0.717) is 10.8 Å². The fraction of sp³-hybridized carbons (Fsp3) is 0. The molecule has 4 aromatic rings. The summed E-state index contributed by atoms with van der Waals surface area (Å²) < 4.78 is 67.6. The zero-order valence-corrected chi connectivity index (χ0v) is 18.4. The minimum Gasteiger partial charge on any atom is -0.505 e. The van der Waals surface area contributed by atoms with Gasteiger partial charge in [-0.05, 0) is 29.0 Å². The summed E-state index contributed by atoms with van der Waals surface area (Å²) in [4.78, 5) is 9.80. The van der Waals surface area contributed by atoms with Crippen molar-refractivity contribution >= 4 is 59.1 Å². The molecule has 0 unspecified atom stereocenters. The van der Waals surface area contributed by atoms with Gasteiger partial charge in [0.2, 0.25) is 0 Å². The average molecular weight is 502 g/mol. The van der Waals surface area contributed by atoms with E-state index in [9.17, 15) is 40.9 Å². The van der Waals surface area contributed by atoms with Crippen LogP contribution in [0.4, 0.5) is 11.4 Å². The van der Waals surface area contributed by atoms with Crippen molar-refractivity contribution in [3.05, 3.63) is 66.2 Å². The van der Waals surface area contributed by atoms with Gasteiger partial charge >= 0.3 is 5.97 Å². The van der Waals surface area contributed by atoms with E-state index in [4.69, 9.17) is 0 Å². The lowest BCUT2D eigenvalue weighted by Crippen LogP contribution is -2.05. The van der Waals surface area contributed by atoms with Gasteiger partial charge in [-0.15, -0.1) is 10.2 Å². The van der Waals surface area contributed by atoms with Gasteiger partial charge in [-0.3, -0.25) is 9.11 Å². The predicted octanol–water partition coefficient (Wildman–Crippen LogP) is 4.31. The lowest BCUT2D eigenvalue weighted by Gasteiger charge is -2.11. The molecular weight excluding hydrogens is 488 g/mol. The van der Waals surface area contributed by atoms with Crippen LogP contribution in [0.5, 0.6) is 5.75 Å². The number of azo groups is 1. The fourth-order valence-corrected chi connectivity index (χ4v) is 5.19. The smallest absolute Gasteiger partial charge is 0.339 e. The number of rotatable bonds is 5. The Bertz CT molecular complexity index is 1750. The highest BCUT2D eigenvalue weighted by molar-refractivity contribution is 7.87. The minimum absolute atomic E-state index is 0.0582. The first kappa shape index (κ1) is 23.3. The Kier molecular flexibility index (Phi) is 5.57. The van der Waals surface area contributed by atoms with Crippen LogP contribution in [-0.2, 0) is 20.2 Å². The van der Waals surface area contributed by atoms with Gasteiger partial charge in [0.1, 0.15) is 26.7 Å². The predicted molar refractivity (Wildman–Crippen MR) is 120 cm³/mol. The Hall–Kier alpha value is -3.91. The van der Waals surface area contributed by atoms with Crippen molar-refractivity contribution in [3.63, 3.8) is 0 Å². The third kappa shape index (κ3) is 4.08. The summed E-state index contributed by atoms with van der Waals surface area (Å²) in [5.74, 6) is -2.18. The average Bonchev–Trinajstić information content (AvgIpc) is 2.75. The first-order valence-electron chi connectivity index (χ1n) is 9.30. The van der Waals surface area contributed by atoms with Crippen molar-refractivity contribution < 1.29 is 40.9 Å². The monoisotopic (exact) mass is 502 g/mol. The highest BCUT2D eigenvalue weighted by Crippen LogP contribution is 2.41. The van der Waals surface area contributed by atoms with Gasteiger partial charge in [0.05, 0.1) is 0 Å². The van der Waals surface area contributed by atoms with E-state index in [1.165, 1.54) is 30.3 Å². The number of nitrogens with zero attached hydrogens (tertiary/aromatic N) is 2. The van der Waals surface area contributed by atoms with Crippen LogP contribution in [0, 0.1) is 0 Å². The molecular formula is C21H14N2O9S2. The minimum atomic E-state index is -5.11. The summed E-state index contributed by atoms with van der Waals surface area (Å²) in [6.45, 7) is 0. The van der Waals surface area contributed by atoms with Crippen molar-refractivity contribution in [1.82, 2.24) is 0 Å². The summed E-state index contributed by atoms with van der Waals surface area (Å²) in [5, 5.41) is 27.7. The molecule has 11 nitrogen and oxygen atoms in total. The van der Waals surface area contributed by atoms with Crippen LogP contribution in [0.1, 0.15) is 10.4 Å². The highest BCUT2D eigenvalue weighted by Gasteiger charge is 2.26. The molecule has 13 heteroatoms. The van der Waals surface area contributed by atoms with Crippen LogP contribution in [0.2, 0.25) is 0 Å². The van der Waals surface area contributed by atoms with E-state index in [1.54, 1.807) is 18.2 Å². The van der Waals surface area contributed by atoms with Gasteiger partial charge in [-0.1, -0.05) is 42.5 Å². The lowest BCUT2D eigenvalue weighted by atomic mass is 10.0. The molecule has 0 spiro atoms. The Morgan fingerprint density at radius 2 is 1.47 bits per heavy atom. The van der Waals surface area contributed by atoms with Gasteiger partial charge in [0.15, 0.2) is 5.75 Å². The molecule has 0 atom stereocenters. The van der Waals surface area contributed by atoms with Crippen LogP contribution in [-0.4, -0.2) is 42.1 Å². The summed E-state index contributed by atoms with van der Waals surface area (Å²) >= 11 is 0. The molecule has 0 aliphatic rings.